The highest BCUT2D eigenvalue weighted by atomic mass is 35.5. The van der Waals surface area contributed by atoms with E-state index in [0.717, 1.165) is 31.8 Å². The first kappa shape index (κ1) is 18.0. The zero-order valence-corrected chi connectivity index (χ0v) is 13.6. The number of carbonyl (C=O) groups excluding carboxylic acids is 1. The first-order valence-corrected chi connectivity index (χ1v) is 7.52. The number of carbonyl (C=O) groups is 1. The fourth-order valence-electron chi connectivity index (χ4n) is 3.65. The molecule has 1 saturated heterocycles. The van der Waals surface area contributed by atoms with E-state index in [-0.39, 0.29) is 36.6 Å². The van der Waals surface area contributed by atoms with E-state index >= 15 is 0 Å². The van der Waals surface area contributed by atoms with E-state index in [1.165, 1.54) is 25.8 Å². The minimum Gasteiger partial charge on any atom is -0.352 e. The van der Waals surface area contributed by atoms with E-state index in [4.69, 9.17) is 5.73 Å². The highest BCUT2D eigenvalue weighted by Crippen LogP contribution is 2.32. The Morgan fingerprint density at radius 2 is 1.90 bits per heavy atom. The summed E-state index contributed by atoms with van der Waals surface area (Å²) in [4.78, 5) is 14.8. The van der Waals surface area contributed by atoms with E-state index in [0.29, 0.717) is 18.5 Å². The van der Waals surface area contributed by atoms with E-state index < -0.39 is 0 Å². The molecule has 4 nitrogen and oxygen atoms in total. The number of nitrogens with one attached hydrogen (secondary N) is 1. The topological polar surface area (TPSA) is 58.4 Å². The molecule has 3 aliphatic rings. The molecule has 0 aromatic carbocycles. The van der Waals surface area contributed by atoms with Gasteiger partial charge in [-0.05, 0) is 44.6 Å². The van der Waals surface area contributed by atoms with Crippen LogP contribution in [-0.2, 0) is 4.79 Å². The maximum absolute atomic E-state index is 12.3. The number of rotatable bonds is 4. The third kappa shape index (κ3) is 4.00. The highest BCUT2D eigenvalue weighted by Gasteiger charge is 2.37. The van der Waals surface area contributed by atoms with Crippen LogP contribution in [-0.4, -0.2) is 42.5 Å². The molecule has 20 heavy (non-hydrogen) atoms. The van der Waals surface area contributed by atoms with Crippen LogP contribution >= 0.6 is 24.8 Å². The molecule has 1 amide bonds. The van der Waals surface area contributed by atoms with Crippen LogP contribution in [0, 0.1) is 11.8 Å². The lowest BCUT2D eigenvalue weighted by atomic mass is 9.95. The van der Waals surface area contributed by atoms with Crippen molar-refractivity contribution in [2.24, 2.45) is 17.6 Å². The molecule has 0 aromatic rings. The van der Waals surface area contributed by atoms with Crippen LogP contribution in [0.5, 0.6) is 0 Å². The van der Waals surface area contributed by atoms with Gasteiger partial charge >= 0.3 is 0 Å². The summed E-state index contributed by atoms with van der Waals surface area (Å²) in [5.74, 6) is 0.876. The van der Waals surface area contributed by atoms with Crippen molar-refractivity contribution < 1.29 is 4.79 Å². The molecule has 3 atom stereocenters. The van der Waals surface area contributed by atoms with Gasteiger partial charge in [-0.15, -0.1) is 24.8 Å². The maximum Gasteiger partial charge on any atom is 0.223 e. The molecule has 1 aliphatic heterocycles. The van der Waals surface area contributed by atoms with E-state index in [1.54, 1.807) is 0 Å². The first-order valence-electron chi connectivity index (χ1n) is 7.52. The Balaban J connectivity index is 0.000001000. The summed E-state index contributed by atoms with van der Waals surface area (Å²) in [5.41, 5.74) is 5.75. The van der Waals surface area contributed by atoms with Crippen LogP contribution in [0.25, 0.3) is 0 Å². The lowest BCUT2D eigenvalue weighted by Crippen LogP contribution is -2.42. The largest absolute Gasteiger partial charge is 0.352 e. The average Bonchev–Trinajstić information content (AvgIpc) is 2.93. The molecule has 0 radical (unpaired) electrons. The zero-order valence-electron chi connectivity index (χ0n) is 11.9. The van der Waals surface area contributed by atoms with Crippen molar-refractivity contribution in [3.63, 3.8) is 0 Å². The van der Waals surface area contributed by atoms with Crippen LogP contribution < -0.4 is 11.1 Å². The van der Waals surface area contributed by atoms with Gasteiger partial charge in [-0.3, -0.25) is 9.69 Å². The Morgan fingerprint density at radius 3 is 2.55 bits per heavy atom. The van der Waals surface area contributed by atoms with Crippen LogP contribution in [0.4, 0.5) is 0 Å². The van der Waals surface area contributed by atoms with Crippen molar-refractivity contribution in [2.75, 3.05) is 19.6 Å². The molecule has 0 spiro atoms. The molecule has 3 rings (SSSR count). The second-order valence-corrected chi connectivity index (χ2v) is 6.25. The van der Waals surface area contributed by atoms with Gasteiger partial charge in [0.2, 0.25) is 5.91 Å². The van der Waals surface area contributed by atoms with Crippen molar-refractivity contribution in [1.82, 2.24) is 10.2 Å². The number of amides is 1. The average molecular weight is 324 g/mol. The van der Waals surface area contributed by atoms with E-state index in [9.17, 15) is 4.79 Å². The quantitative estimate of drug-likeness (QED) is 0.825. The lowest BCUT2D eigenvalue weighted by Gasteiger charge is -2.21. The number of hydrogen-bond donors (Lipinski definition) is 2. The minimum absolute atomic E-state index is 0. The number of hydrogen-bond acceptors (Lipinski definition) is 3. The first-order chi connectivity index (χ1) is 8.78. The number of nitrogens with two attached hydrogens (primary N) is 1. The fourth-order valence-corrected chi connectivity index (χ4v) is 3.65. The van der Waals surface area contributed by atoms with Gasteiger partial charge in [0.15, 0.2) is 0 Å². The molecule has 6 heteroatoms. The molecule has 0 aromatic heterocycles. The number of halogens is 2. The van der Waals surface area contributed by atoms with Crippen molar-refractivity contribution >= 4 is 30.7 Å². The van der Waals surface area contributed by atoms with Crippen LogP contribution in [0.15, 0.2) is 0 Å². The van der Waals surface area contributed by atoms with E-state index in [2.05, 4.69) is 10.2 Å². The maximum atomic E-state index is 12.3. The highest BCUT2D eigenvalue weighted by molar-refractivity contribution is 5.85. The normalized spacial score (nSPS) is 33.4. The Kier molecular flexibility index (Phi) is 7.06. The van der Waals surface area contributed by atoms with Crippen LogP contribution in [0.2, 0.25) is 0 Å². The molecule has 1 unspecified atom stereocenters. The van der Waals surface area contributed by atoms with Gasteiger partial charge in [-0.25, -0.2) is 0 Å². The minimum atomic E-state index is 0. The van der Waals surface area contributed by atoms with Crippen molar-refractivity contribution in [3.05, 3.63) is 0 Å². The third-order valence-corrected chi connectivity index (χ3v) is 4.93. The predicted octanol–water partition coefficient (Wildman–Crippen LogP) is 1.56. The molecule has 2 saturated carbocycles. The monoisotopic (exact) mass is 323 g/mol. The summed E-state index contributed by atoms with van der Waals surface area (Å²) in [5, 5.41) is 3.26. The Bertz CT molecular complexity index is 326. The van der Waals surface area contributed by atoms with Crippen molar-refractivity contribution in [1.29, 1.82) is 0 Å². The smallest absolute Gasteiger partial charge is 0.223 e. The fraction of sp³-hybridized carbons (Fsp3) is 0.929. The zero-order chi connectivity index (χ0) is 12.5. The molecular formula is C14H27Cl2N3O. The Morgan fingerprint density at radius 1 is 1.15 bits per heavy atom. The summed E-state index contributed by atoms with van der Waals surface area (Å²) in [7, 11) is 0. The predicted molar refractivity (Wildman–Crippen MR) is 85.5 cm³/mol. The third-order valence-electron chi connectivity index (χ3n) is 4.93. The Hall–Kier alpha value is -0.0300. The molecule has 3 N–H and O–H groups in total. The van der Waals surface area contributed by atoms with Gasteiger partial charge in [0.25, 0.3) is 0 Å². The van der Waals surface area contributed by atoms with Crippen molar-refractivity contribution in [2.45, 2.75) is 50.6 Å². The standard InChI is InChI=1S/C14H25N3O.2ClH/c15-8-10-2-1-3-13(10)14(18)16-11-6-7-17(9-11)12-4-5-12;;/h10-13H,1-9,15H2,(H,16,18);2*1H/t10-,11?,13-;;/m1../s1. The van der Waals surface area contributed by atoms with Crippen LogP contribution in [0.3, 0.4) is 0 Å². The molecular weight excluding hydrogens is 297 g/mol. The lowest BCUT2D eigenvalue weighted by molar-refractivity contribution is -0.126. The summed E-state index contributed by atoms with van der Waals surface area (Å²) < 4.78 is 0. The van der Waals surface area contributed by atoms with Gasteiger partial charge < -0.3 is 11.1 Å². The van der Waals surface area contributed by atoms with Crippen LogP contribution in [0.1, 0.15) is 38.5 Å². The molecule has 0 bridgehead atoms. The second kappa shape index (κ2) is 7.83. The van der Waals surface area contributed by atoms with Gasteiger partial charge in [0.1, 0.15) is 0 Å². The van der Waals surface area contributed by atoms with Gasteiger partial charge in [0, 0.05) is 31.1 Å². The Labute approximate surface area is 134 Å². The van der Waals surface area contributed by atoms with E-state index in [1.807, 2.05) is 0 Å². The van der Waals surface area contributed by atoms with Crippen molar-refractivity contribution in [3.8, 4) is 0 Å². The summed E-state index contributed by atoms with van der Waals surface area (Å²) in [6.45, 7) is 2.90. The van der Waals surface area contributed by atoms with Gasteiger partial charge in [0.05, 0.1) is 0 Å². The molecule has 118 valence electrons. The van der Waals surface area contributed by atoms with Gasteiger partial charge in [-0.2, -0.15) is 0 Å². The molecule has 3 fully saturated rings. The number of nitrogens with zero attached hydrogens (tertiary/aromatic N) is 1. The summed E-state index contributed by atoms with van der Waals surface area (Å²) >= 11 is 0. The van der Waals surface area contributed by atoms with Gasteiger partial charge in [-0.1, -0.05) is 6.42 Å². The molecule has 2 aliphatic carbocycles. The summed E-state index contributed by atoms with van der Waals surface area (Å²) in [6, 6.07) is 1.22. The number of likely N-dealkylation sites (tertiary alicyclic amines) is 1. The summed E-state index contributed by atoms with van der Waals surface area (Å²) in [6.07, 6.45) is 7.18. The SMILES string of the molecule is Cl.Cl.NC[C@H]1CCC[C@H]1C(=O)NC1CCN(C2CC2)C1. The second-order valence-electron chi connectivity index (χ2n) is 6.25. The molecule has 1 heterocycles.